The van der Waals surface area contributed by atoms with Gasteiger partial charge in [0.05, 0.1) is 80.8 Å². The van der Waals surface area contributed by atoms with Gasteiger partial charge in [0.25, 0.3) is 0 Å². The topological polar surface area (TPSA) is 549 Å². The van der Waals surface area contributed by atoms with E-state index in [0.29, 0.717) is 17.5 Å². The minimum atomic E-state index is -1.82. The molecule has 1 fully saturated rings. The smallest absolute Gasteiger partial charge is 0.324 e. The van der Waals surface area contributed by atoms with E-state index in [9.17, 15) is 97.1 Å². The van der Waals surface area contributed by atoms with Crippen LogP contribution in [0.2, 0.25) is 0 Å². The Balaban J connectivity index is 1.64. The molecule has 1 unspecified atom stereocenters. The maximum absolute atomic E-state index is 14.3. The number of likely N-dealkylation sites (tertiary alicyclic amines) is 1. The number of carbonyl (C=O) groups excluding carboxylic acids is 15. The van der Waals surface area contributed by atoms with Crippen molar-refractivity contribution < 1.29 is 102 Å². The second kappa shape index (κ2) is 49.7. The van der Waals surface area contributed by atoms with Crippen molar-refractivity contribution in [3.05, 3.63) is 59.7 Å². The Bertz CT molecular complexity index is 3410. The maximum atomic E-state index is 14.3. The lowest BCUT2D eigenvalue weighted by atomic mass is 9.95. The van der Waals surface area contributed by atoms with Crippen molar-refractivity contribution in [2.75, 3.05) is 73.7 Å². The van der Waals surface area contributed by atoms with Gasteiger partial charge in [0.15, 0.2) is 11.6 Å². The highest BCUT2D eigenvalue weighted by molar-refractivity contribution is 8.68. The van der Waals surface area contributed by atoms with E-state index >= 15 is 0 Å². The van der Waals surface area contributed by atoms with E-state index in [-0.39, 0.29) is 72.1 Å². The Morgan fingerprint density at radius 1 is 0.551 bits per heavy atom. The van der Waals surface area contributed by atoms with E-state index < -0.39 is 223 Å². The number of ketones is 8. The lowest BCUT2D eigenvalue weighted by Gasteiger charge is -2.27. The Morgan fingerprint density at radius 3 is 1.50 bits per heavy atom. The van der Waals surface area contributed by atoms with Gasteiger partial charge in [-0.05, 0) is 74.9 Å². The molecule has 0 radical (unpaired) electrons. The summed E-state index contributed by atoms with van der Waals surface area (Å²) < 4.78 is 4.85. The number of phenols is 2. The fourth-order valence-corrected chi connectivity index (χ4v) is 12.4. The van der Waals surface area contributed by atoms with Gasteiger partial charge in [-0.3, -0.25) is 92.2 Å². The third-order valence-corrected chi connectivity index (χ3v) is 19.3. The number of nitrogens with two attached hydrogens (primary N) is 1. The number of hydrogen-bond donors (Lipinski definition) is 25. The number of rotatable bonds is 55. The van der Waals surface area contributed by atoms with Crippen LogP contribution in [0.15, 0.2) is 48.5 Å². The van der Waals surface area contributed by atoms with Crippen molar-refractivity contribution >= 4 is 192 Å². The first kappa shape index (κ1) is 94.8. The van der Waals surface area contributed by atoms with Gasteiger partial charge in [0, 0.05) is 60.6 Å². The summed E-state index contributed by atoms with van der Waals surface area (Å²) in [6, 6.07) is -6.68. The first-order valence-electron chi connectivity index (χ1n) is 33.0. The highest BCUT2D eigenvalue weighted by Crippen LogP contribution is 2.20. The number of esters is 1. The molecular weight excluding hydrogens is 1560 g/mol. The molecule has 44 heteroatoms. The molecule has 0 saturated carbocycles. The number of primary amides is 1. The van der Waals surface area contributed by atoms with E-state index in [4.69, 9.17) is 10.5 Å². The zero-order chi connectivity index (χ0) is 80.2. The van der Waals surface area contributed by atoms with Crippen LogP contribution in [0.1, 0.15) is 57.1 Å². The Hall–Kier alpha value is -6.44. The number of benzene rings is 2. The summed E-state index contributed by atoms with van der Waals surface area (Å²) in [4.78, 5) is 215. The van der Waals surface area contributed by atoms with Crippen LogP contribution in [-0.2, 0) is 94.3 Å². The average Bonchev–Trinajstić information content (AvgIpc) is 1.73. The lowest BCUT2D eigenvalue weighted by molar-refractivity contribution is -0.144. The number of carboxylic acid groups (broad SMARTS) is 1. The minimum Gasteiger partial charge on any atom is -0.508 e. The fraction of sp³-hybridized carbons (Fsp3) is 0.556. The molecule has 2 aromatic rings. The first-order valence-corrected chi connectivity index (χ1v) is 38.8. The van der Waals surface area contributed by atoms with E-state index in [1.807, 2.05) is 0 Å². The molecule has 107 heavy (non-hydrogen) atoms. The van der Waals surface area contributed by atoms with Crippen molar-refractivity contribution in [3.63, 3.8) is 0 Å². The summed E-state index contributed by atoms with van der Waals surface area (Å²) in [7, 11) is 2.08. The fourth-order valence-electron chi connectivity index (χ4n) is 10.0. The molecule has 1 aliphatic rings. The Morgan fingerprint density at radius 2 is 1.01 bits per heavy atom. The first-order chi connectivity index (χ1) is 50.7. The van der Waals surface area contributed by atoms with Gasteiger partial charge in [-0.1, -0.05) is 35.1 Å². The molecular formula is C63H93N15O21S8. The van der Waals surface area contributed by atoms with Crippen LogP contribution in [-0.4, -0.2) is 277 Å². The van der Waals surface area contributed by atoms with Crippen LogP contribution in [0, 0.1) is 0 Å². The molecule has 2 aromatic carbocycles. The number of phenolic OH excluding ortho intramolecular Hbond substituents is 2. The van der Waals surface area contributed by atoms with Crippen LogP contribution in [0.4, 0.5) is 0 Å². The summed E-state index contributed by atoms with van der Waals surface area (Å²) >= 11 is 29.0. The standard InChI is InChI=1S/C63H93N15O21S8/c1-30(47(82)20-65-41(23-101)56(91)58(93)52(31(2)79)71-50(85)21-66-59(94)43(25-103)75-74-39(63(98)99-3)18-33-8-12-35(81)13-9-33)67-29-78-16-4-5-46(78)57(92)55(90)38(19-49(64)84)73-77-45(27-105)62(97)70-42(24-102)60(95)68-37(17-32-6-10-34(80)11-7-32)54(89)53(88)36(14-15-51(86)87)72-76-44(26-104)61(96)69-40(22-100)48(83)28-107-106/h6-13,30-31,36-46,52,65,67,72-77,79-81,100-106H,4-5,14-29H2,1-3H3,(H2,64,84)(H,66,94)(H,68,95)(H,69,96)(H,70,97)(H,71,85)(H,86,87)/t30-,31+,36-,37-,38-,39?,40-,41-,42-,43-,44-,45-,46-,52-/m0/s1. The summed E-state index contributed by atoms with van der Waals surface area (Å²) in [5.74, 6) is -17.7. The summed E-state index contributed by atoms with van der Waals surface area (Å²) in [6.07, 6.45) is -3.40. The normalized spacial score (nSPS) is 16.5. The van der Waals surface area contributed by atoms with Crippen LogP contribution < -0.4 is 75.5 Å². The number of nitrogens with zero attached hydrogens (tertiary/aromatic N) is 1. The van der Waals surface area contributed by atoms with E-state index in [0.717, 1.165) is 24.8 Å². The second-order valence-corrected chi connectivity index (χ2v) is 27.7. The van der Waals surface area contributed by atoms with Gasteiger partial charge in [0.1, 0.15) is 47.8 Å². The quantitative estimate of drug-likeness (QED) is 0.00963. The molecule has 1 saturated heterocycles. The van der Waals surface area contributed by atoms with Crippen LogP contribution in [0.3, 0.4) is 0 Å². The number of thiol groups is 7. The largest absolute Gasteiger partial charge is 0.508 e. The predicted molar refractivity (Wildman–Crippen MR) is 414 cm³/mol. The number of Topliss-reactive ketones (excluding diaryl/α,β-unsaturated/α-hetero) is 8. The van der Waals surface area contributed by atoms with Gasteiger partial charge in [-0.2, -0.15) is 75.8 Å². The number of aliphatic hydroxyl groups is 1. The molecule has 0 bridgehead atoms. The molecule has 36 nitrogen and oxygen atoms in total. The number of aromatic hydroxyl groups is 2. The number of amides is 6. The summed E-state index contributed by atoms with van der Waals surface area (Å²) in [5.41, 5.74) is 21.9. The number of aliphatic carboxylic acids is 1. The Kier molecular flexibility index (Phi) is 44.0. The number of nitrogens with one attached hydrogen (secondary N) is 13. The van der Waals surface area contributed by atoms with Gasteiger partial charge in [-0.25, -0.2) is 32.6 Å². The van der Waals surface area contributed by atoms with Gasteiger partial charge in [0.2, 0.25) is 70.1 Å². The number of carbonyl (C=O) groups is 16. The molecule has 19 N–H and O–H groups in total. The number of ether oxygens (including phenoxy) is 1. The molecule has 3 rings (SSSR count). The molecule has 1 heterocycles. The molecule has 0 spiro atoms. The molecule has 6 amide bonds. The third-order valence-electron chi connectivity index (χ3n) is 16.3. The van der Waals surface area contributed by atoms with E-state index in [1.165, 1.54) is 43.3 Å². The van der Waals surface area contributed by atoms with Gasteiger partial charge < -0.3 is 57.5 Å². The van der Waals surface area contributed by atoms with Gasteiger partial charge in [-0.15, -0.1) is 11.7 Å². The predicted octanol–water partition coefficient (Wildman–Crippen LogP) is -6.21. The maximum Gasteiger partial charge on any atom is 0.324 e. The lowest BCUT2D eigenvalue weighted by Crippen LogP contribution is -2.62. The van der Waals surface area contributed by atoms with Crippen molar-refractivity contribution in [2.45, 2.75) is 143 Å². The van der Waals surface area contributed by atoms with E-state index in [2.05, 4.69) is 157 Å². The molecule has 0 aliphatic carbocycles. The van der Waals surface area contributed by atoms with E-state index in [1.54, 1.807) is 17.0 Å². The summed E-state index contributed by atoms with van der Waals surface area (Å²) in [5, 5.41) is 57.2. The minimum absolute atomic E-state index is 0.00549. The summed E-state index contributed by atoms with van der Waals surface area (Å²) in [6.45, 7) is 1.39. The molecule has 0 aromatic heterocycles. The zero-order valence-electron chi connectivity index (χ0n) is 58.2. The van der Waals surface area contributed by atoms with Crippen molar-refractivity contribution in [1.82, 2.24) is 74.7 Å². The van der Waals surface area contributed by atoms with Crippen LogP contribution >= 0.6 is 98.2 Å². The number of aliphatic hydroxyl groups excluding tert-OH is 1. The monoisotopic (exact) mass is 1650 g/mol. The van der Waals surface area contributed by atoms with Crippen molar-refractivity contribution in [2.24, 2.45) is 5.73 Å². The number of methoxy groups -OCH3 is 1. The van der Waals surface area contributed by atoms with Gasteiger partial charge >= 0.3 is 11.9 Å². The van der Waals surface area contributed by atoms with Crippen LogP contribution in [0.25, 0.3) is 0 Å². The SMILES string of the molecule is COC(=O)C(Cc1ccc(O)cc1)NN[C@@H](CS)C(=O)NCC(=O)N[C@H](C(=O)C(=O)[C@H](CS)NCC(=O)[C@H](C)NCN1CCC[C@H]1C(=O)C(=O)[C@H](CC(N)=O)NN[C@@H](CS)C(=O)N[C@@H](CS)C(=O)N[C@@H](Cc1ccc(O)cc1)C(=O)C(=O)[C@H](CCC(=O)O)NN[C@@H](CS)C(=O)N[C@@H](CS)C(=O)CSS)[C@@H](C)O. The second-order valence-electron chi connectivity index (χ2n) is 24.2. The van der Waals surface area contributed by atoms with Crippen LogP contribution in [0.5, 0.6) is 11.5 Å². The van der Waals surface area contributed by atoms with Crippen molar-refractivity contribution in [1.29, 1.82) is 0 Å². The zero-order valence-corrected chi connectivity index (χ0v) is 65.3. The molecule has 594 valence electrons. The highest BCUT2D eigenvalue weighted by atomic mass is 33.1. The Labute approximate surface area is 658 Å². The van der Waals surface area contributed by atoms with Crippen molar-refractivity contribution in [3.8, 4) is 11.5 Å². The average molecular weight is 1650 g/mol. The third kappa shape index (κ3) is 32.2. The number of hydrogen-bond acceptors (Lipinski definition) is 37. The number of hydrazine groups is 3. The molecule has 14 atom stereocenters. The molecule has 1 aliphatic heterocycles. The number of carboxylic acids is 1. The highest BCUT2D eigenvalue weighted by Gasteiger charge is 2.41.